The molecule has 0 bridgehead atoms. The Balaban J connectivity index is 2.04. The highest BCUT2D eigenvalue weighted by Crippen LogP contribution is 2.27. The summed E-state index contributed by atoms with van der Waals surface area (Å²) >= 11 is 2.21. The molecule has 1 aliphatic heterocycles. The van der Waals surface area contributed by atoms with Gasteiger partial charge in [0.1, 0.15) is 5.60 Å². The Morgan fingerprint density at radius 1 is 1.47 bits per heavy atom. The van der Waals surface area contributed by atoms with Gasteiger partial charge in [-0.25, -0.2) is 4.79 Å². The maximum Gasteiger partial charge on any atom is 0.338 e. The van der Waals surface area contributed by atoms with E-state index in [9.17, 15) is 4.79 Å². The molecule has 0 spiro atoms. The van der Waals surface area contributed by atoms with Gasteiger partial charge in [0.05, 0.1) is 18.7 Å². The van der Waals surface area contributed by atoms with Crippen LogP contribution in [0.15, 0.2) is 24.3 Å². The lowest BCUT2D eigenvalue weighted by Crippen LogP contribution is -2.88. The van der Waals surface area contributed by atoms with Crippen LogP contribution in [-0.4, -0.2) is 24.7 Å². The Morgan fingerprint density at radius 2 is 2.26 bits per heavy atom. The van der Waals surface area contributed by atoms with E-state index in [1.165, 1.54) is 13.0 Å². The number of carbonyl (C=O) groups excluding carboxylic acids is 1. The zero-order valence-electron chi connectivity index (χ0n) is 11.5. The number of hydrogen-bond donors (Lipinski definition) is 1. The van der Waals surface area contributed by atoms with Gasteiger partial charge >= 0.3 is 5.97 Å². The minimum absolute atomic E-state index is 0.214. The standard InChI is InChI=1S/C15H20INO2/c1-15(2,12-6-4-8-17-10-12)19-14(18)11-5-3-7-13(16)9-11/h3,5,7,9,12,17H,4,6,8,10H2,1-2H3/p+1. The van der Waals surface area contributed by atoms with Crippen LogP contribution in [0.3, 0.4) is 0 Å². The summed E-state index contributed by atoms with van der Waals surface area (Å²) in [6, 6.07) is 7.54. The average molecular weight is 374 g/mol. The number of benzene rings is 1. The fraction of sp³-hybridized carbons (Fsp3) is 0.533. The largest absolute Gasteiger partial charge is 0.456 e. The maximum atomic E-state index is 12.2. The monoisotopic (exact) mass is 374 g/mol. The third-order valence-corrected chi connectivity index (χ3v) is 4.48. The summed E-state index contributed by atoms with van der Waals surface area (Å²) in [7, 11) is 0. The van der Waals surface area contributed by atoms with E-state index in [0.29, 0.717) is 11.5 Å². The van der Waals surface area contributed by atoms with Gasteiger partial charge in [-0.3, -0.25) is 0 Å². The first kappa shape index (κ1) is 14.8. The molecule has 0 aromatic heterocycles. The molecule has 1 aromatic carbocycles. The predicted molar refractivity (Wildman–Crippen MR) is 83.0 cm³/mol. The van der Waals surface area contributed by atoms with E-state index in [2.05, 4.69) is 27.9 Å². The predicted octanol–water partition coefficient (Wildman–Crippen LogP) is 2.20. The summed E-state index contributed by atoms with van der Waals surface area (Å²) in [5.41, 5.74) is 0.245. The van der Waals surface area contributed by atoms with Crippen molar-refractivity contribution in [3.05, 3.63) is 33.4 Å². The topological polar surface area (TPSA) is 42.9 Å². The van der Waals surface area contributed by atoms with Crippen LogP contribution in [0.25, 0.3) is 0 Å². The number of piperidine rings is 1. The molecule has 19 heavy (non-hydrogen) atoms. The van der Waals surface area contributed by atoms with E-state index < -0.39 is 5.60 Å². The highest BCUT2D eigenvalue weighted by atomic mass is 127. The molecule has 0 saturated carbocycles. The molecule has 2 N–H and O–H groups in total. The van der Waals surface area contributed by atoms with Crippen LogP contribution in [0.2, 0.25) is 0 Å². The molecule has 0 aliphatic carbocycles. The third-order valence-electron chi connectivity index (χ3n) is 3.81. The number of nitrogens with two attached hydrogens (primary N) is 1. The Morgan fingerprint density at radius 3 is 2.89 bits per heavy atom. The van der Waals surface area contributed by atoms with E-state index in [-0.39, 0.29) is 5.97 Å². The van der Waals surface area contributed by atoms with Crippen molar-refractivity contribution in [3.63, 3.8) is 0 Å². The SMILES string of the molecule is CC(C)(OC(=O)c1cccc(I)c1)C1CCC[NH2+]C1. The summed E-state index contributed by atoms with van der Waals surface area (Å²) < 4.78 is 6.81. The van der Waals surface area contributed by atoms with Gasteiger partial charge in [-0.05, 0) is 67.5 Å². The van der Waals surface area contributed by atoms with E-state index in [0.717, 1.165) is 16.5 Å². The van der Waals surface area contributed by atoms with Crippen molar-refractivity contribution in [1.29, 1.82) is 0 Å². The Kier molecular flexibility index (Phi) is 4.84. The molecule has 1 atom stereocenters. The number of carbonyl (C=O) groups is 1. The lowest BCUT2D eigenvalue weighted by Gasteiger charge is -2.35. The molecule has 1 aliphatic rings. The first-order valence-corrected chi connectivity index (χ1v) is 7.87. The van der Waals surface area contributed by atoms with Gasteiger partial charge in [0.25, 0.3) is 0 Å². The Labute approximate surface area is 128 Å². The molecular weight excluding hydrogens is 353 g/mol. The van der Waals surface area contributed by atoms with E-state index in [1.54, 1.807) is 0 Å². The molecule has 104 valence electrons. The van der Waals surface area contributed by atoms with Gasteiger partial charge in [-0.15, -0.1) is 0 Å². The lowest BCUT2D eigenvalue weighted by atomic mass is 9.84. The molecule has 0 radical (unpaired) electrons. The molecule has 1 heterocycles. The van der Waals surface area contributed by atoms with Crippen LogP contribution in [0, 0.1) is 9.49 Å². The second kappa shape index (κ2) is 6.22. The fourth-order valence-electron chi connectivity index (χ4n) is 2.57. The van der Waals surface area contributed by atoms with Crippen molar-refractivity contribution in [2.24, 2.45) is 5.92 Å². The van der Waals surface area contributed by atoms with Crippen molar-refractivity contribution < 1.29 is 14.8 Å². The highest BCUT2D eigenvalue weighted by Gasteiger charge is 2.36. The summed E-state index contributed by atoms with van der Waals surface area (Å²) in [6.45, 7) is 6.30. The molecule has 1 saturated heterocycles. The van der Waals surface area contributed by atoms with Gasteiger partial charge in [-0.1, -0.05) is 6.07 Å². The summed E-state index contributed by atoms with van der Waals surface area (Å²) in [5, 5.41) is 2.31. The normalized spacial score (nSPS) is 20.1. The number of esters is 1. The van der Waals surface area contributed by atoms with E-state index in [1.807, 2.05) is 38.1 Å². The molecule has 4 heteroatoms. The van der Waals surface area contributed by atoms with Gasteiger partial charge in [-0.2, -0.15) is 0 Å². The lowest BCUT2D eigenvalue weighted by molar-refractivity contribution is -0.671. The molecular formula is C15H21INO2+. The second-order valence-corrected chi connectivity index (χ2v) is 6.90. The number of halogens is 1. The van der Waals surface area contributed by atoms with Gasteiger partial charge in [0, 0.05) is 9.49 Å². The number of hydrogen-bond acceptors (Lipinski definition) is 2. The Hall–Kier alpha value is -0.620. The molecule has 1 fully saturated rings. The minimum Gasteiger partial charge on any atom is -0.456 e. The van der Waals surface area contributed by atoms with Crippen LogP contribution in [0.5, 0.6) is 0 Å². The quantitative estimate of drug-likeness (QED) is 0.651. The van der Waals surface area contributed by atoms with E-state index in [4.69, 9.17) is 4.74 Å². The summed E-state index contributed by atoms with van der Waals surface area (Å²) in [6.07, 6.45) is 2.35. The molecule has 0 amide bonds. The van der Waals surface area contributed by atoms with Crippen LogP contribution in [0.1, 0.15) is 37.0 Å². The van der Waals surface area contributed by atoms with E-state index >= 15 is 0 Å². The van der Waals surface area contributed by atoms with Crippen molar-refractivity contribution in [1.82, 2.24) is 0 Å². The minimum atomic E-state index is -0.394. The van der Waals surface area contributed by atoms with Crippen molar-refractivity contribution in [2.45, 2.75) is 32.3 Å². The molecule has 2 rings (SSSR count). The third kappa shape index (κ3) is 3.92. The smallest absolute Gasteiger partial charge is 0.338 e. The van der Waals surface area contributed by atoms with Crippen molar-refractivity contribution in [3.8, 4) is 0 Å². The van der Waals surface area contributed by atoms with Crippen LogP contribution in [0.4, 0.5) is 0 Å². The highest BCUT2D eigenvalue weighted by molar-refractivity contribution is 14.1. The number of ether oxygens (including phenoxy) is 1. The van der Waals surface area contributed by atoms with Crippen LogP contribution in [-0.2, 0) is 4.74 Å². The van der Waals surface area contributed by atoms with Crippen molar-refractivity contribution in [2.75, 3.05) is 13.1 Å². The first-order valence-electron chi connectivity index (χ1n) is 6.79. The van der Waals surface area contributed by atoms with Crippen LogP contribution >= 0.6 is 22.6 Å². The van der Waals surface area contributed by atoms with Crippen LogP contribution < -0.4 is 5.32 Å². The fourth-order valence-corrected chi connectivity index (χ4v) is 3.12. The zero-order chi connectivity index (χ0) is 13.9. The van der Waals surface area contributed by atoms with Gasteiger partial charge < -0.3 is 10.1 Å². The number of rotatable bonds is 3. The zero-order valence-corrected chi connectivity index (χ0v) is 13.6. The average Bonchev–Trinajstić information content (AvgIpc) is 2.39. The van der Waals surface area contributed by atoms with Crippen molar-refractivity contribution >= 4 is 28.6 Å². The molecule has 1 unspecified atom stereocenters. The second-order valence-electron chi connectivity index (χ2n) is 5.66. The van der Waals surface area contributed by atoms with Gasteiger partial charge in [0.2, 0.25) is 0 Å². The summed E-state index contributed by atoms with van der Waals surface area (Å²) in [4.78, 5) is 12.2. The van der Waals surface area contributed by atoms with Gasteiger partial charge in [0.15, 0.2) is 0 Å². The number of quaternary nitrogens is 1. The molecule has 1 aromatic rings. The maximum absolute atomic E-state index is 12.2. The Bertz CT molecular complexity index is 453. The summed E-state index contributed by atoms with van der Waals surface area (Å²) in [5.74, 6) is 0.224. The first-order chi connectivity index (χ1) is 8.99. The molecule has 3 nitrogen and oxygen atoms in total.